The number of phosphoric acid groups is 1. The number of aromatic amines is 1. The van der Waals surface area contributed by atoms with Crippen LogP contribution in [0.4, 0.5) is 0 Å². The van der Waals surface area contributed by atoms with Gasteiger partial charge in [-0.2, -0.15) is 0 Å². The Bertz CT molecular complexity index is 758. The fourth-order valence-electron chi connectivity index (χ4n) is 2.99. The fraction of sp³-hybridized carbons (Fsp3) is 0.714. The number of unbranched alkanes of at least 4 members (excludes halogenated alkanes) is 2. The van der Waals surface area contributed by atoms with E-state index in [1.165, 1.54) is 10.8 Å². The highest BCUT2D eigenvalue weighted by Gasteiger charge is 2.46. The summed E-state index contributed by atoms with van der Waals surface area (Å²) >= 11 is 0. The summed E-state index contributed by atoms with van der Waals surface area (Å²) in [7, 11) is -4.05. The van der Waals surface area contributed by atoms with Gasteiger partial charge in [0.15, 0.2) is 0 Å². The van der Waals surface area contributed by atoms with E-state index in [4.69, 9.17) is 13.8 Å². The summed E-state index contributed by atoms with van der Waals surface area (Å²) in [6, 6.07) is 0. The second-order valence-electron chi connectivity index (χ2n) is 6.05. The summed E-state index contributed by atoms with van der Waals surface area (Å²) in [6.07, 6.45) is 3.40. The lowest BCUT2D eigenvalue weighted by atomic mass is 10.1. The summed E-state index contributed by atoms with van der Waals surface area (Å²) < 4.78 is 28.2. The molecule has 0 amide bonds. The van der Waals surface area contributed by atoms with Crippen LogP contribution in [-0.2, 0) is 24.8 Å². The van der Waals surface area contributed by atoms with E-state index in [9.17, 15) is 19.0 Å². The zero-order valence-corrected chi connectivity index (χ0v) is 14.2. The van der Waals surface area contributed by atoms with E-state index in [2.05, 4.69) is 11.9 Å². The first-order valence-corrected chi connectivity index (χ1v) is 9.54. The molecule has 4 atom stereocenters. The molecule has 2 saturated heterocycles. The SMILES string of the molecule is CCCCCc1cn(C2CC3OP(=O)(O)OCC3O2)c(=O)[nH]c1=O. The zero-order valence-electron chi connectivity index (χ0n) is 13.3. The minimum atomic E-state index is -4.05. The van der Waals surface area contributed by atoms with Gasteiger partial charge in [0.1, 0.15) is 18.4 Å². The minimum Gasteiger partial charge on any atom is -0.349 e. The number of fused-ring (bicyclic) bond motifs is 1. The molecule has 4 unspecified atom stereocenters. The molecule has 9 nitrogen and oxygen atoms in total. The second kappa shape index (κ2) is 6.93. The van der Waals surface area contributed by atoms with Crippen molar-refractivity contribution in [1.82, 2.24) is 9.55 Å². The van der Waals surface area contributed by atoms with Crippen molar-refractivity contribution in [1.29, 1.82) is 0 Å². The number of phosphoric ester groups is 1. The Morgan fingerprint density at radius 1 is 1.38 bits per heavy atom. The van der Waals surface area contributed by atoms with Gasteiger partial charge in [0.25, 0.3) is 5.56 Å². The van der Waals surface area contributed by atoms with E-state index in [0.717, 1.165) is 19.3 Å². The van der Waals surface area contributed by atoms with Crippen LogP contribution in [0, 0.1) is 0 Å². The average Bonchev–Trinajstić information content (AvgIpc) is 2.91. The Balaban J connectivity index is 1.80. The maximum atomic E-state index is 12.1. The average molecular weight is 360 g/mol. The van der Waals surface area contributed by atoms with Crippen molar-refractivity contribution in [2.45, 2.75) is 57.5 Å². The molecule has 0 aliphatic carbocycles. The molecule has 24 heavy (non-hydrogen) atoms. The van der Waals surface area contributed by atoms with Crippen LogP contribution in [0.1, 0.15) is 44.4 Å². The molecule has 0 aromatic carbocycles. The summed E-state index contributed by atoms with van der Waals surface area (Å²) in [5.74, 6) is 0. The van der Waals surface area contributed by atoms with Crippen molar-refractivity contribution in [3.05, 3.63) is 32.6 Å². The predicted molar refractivity (Wildman–Crippen MR) is 83.7 cm³/mol. The van der Waals surface area contributed by atoms with Gasteiger partial charge in [0, 0.05) is 18.2 Å². The van der Waals surface area contributed by atoms with E-state index in [-0.39, 0.29) is 18.6 Å². The second-order valence-corrected chi connectivity index (χ2v) is 7.46. The van der Waals surface area contributed by atoms with Gasteiger partial charge in [-0.05, 0) is 12.8 Å². The maximum absolute atomic E-state index is 12.1. The van der Waals surface area contributed by atoms with Gasteiger partial charge < -0.3 is 9.63 Å². The number of rotatable bonds is 5. The van der Waals surface area contributed by atoms with Gasteiger partial charge in [0.2, 0.25) is 0 Å². The van der Waals surface area contributed by atoms with Crippen LogP contribution in [0.3, 0.4) is 0 Å². The van der Waals surface area contributed by atoms with Crippen LogP contribution in [0.2, 0.25) is 0 Å². The van der Waals surface area contributed by atoms with Crippen LogP contribution in [0.25, 0.3) is 0 Å². The molecule has 2 fully saturated rings. The van der Waals surface area contributed by atoms with Crippen LogP contribution >= 0.6 is 7.82 Å². The van der Waals surface area contributed by atoms with Crippen LogP contribution in [-0.4, -0.2) is 33.3 Å². The van der Waals surface area contributed by atoms with Gasteiger partial charge in [0.05, 0.1) is 6.61 Å². The van der Waals surface area contributed by atoms with Crippen LogP contribution in [0.15, 0.2) is 15.8 Å². The molecule has 2 N–H and O–H groups in total. The van der Waals surface area contributed by atoms with Gasteiger partial charge in [-0.25, -0.2) is 9.36 Å². The third kappa shape index (κ3) is 3.70. The van der Waals surface area contributed by atoms with Crippen LogP contribution in [0.5, 0.6) is 0 Å². The number of H-pyrrole nitrogens is 1. The van der Waals surface area contributed by atoms with Crippen molar-refractivity contribution in [3.8, 4) is 0 Å². The van der Waals surface area contributed by atoms with Crippen molar-refractivity contribution >= 4 is 7.82 Å². The van der Waals surface area contributed by atoms with Gasteiger partial charge in [-0.1, -0.05) is 19.8 Å². The first-order valence-electron chi connectivity index (χ1n) is 8.05. The molecule has 0 saturated carbocycles. The van der Waals surface area contributed by atoms with Crippen molar-refractivity contribution in [2.24, 2.45) is 0 Å². The first kappa shape index (κ1) is 17.6. The monoisotopic (exact) mass is 360 g/mol. The number of aromatic nitrogens is 2. The number of hydrogen-bond donors (Lipinski definition) is 2. The Labute approximate surface area is 138 Å². The van der Waals surface area contributed by atoms with Crippen molar-refractivity contribution in [3.63, 3.8) is 0 Å². The molecule has 0 bridgehead atoms. The molecule has 3 rings (SSSR count). The Morgan fingerprint density at radius 2 is 2.17 bits per heavy atom. The molecule has 0 radical (unpaired) electrons. The molecule has 2 aliphatic rings. The summed E-state index contributed by atoms with van der Waals surface area (Å²) in [6.45, 7) is 2.00. The zero-order chi connectivity index (χ0) is 17.3. The minimum absolute atomic E-state index is 0.0730. The van der Waals surface area contributed by atoms with E-state index < -0.39 is 31.9 Å². The Hall–Kier alpha value is -1.25. The normalized spacial score (nSPS) is 32.7. The molecule has 0 spiro atoms. The largest absolute Gasteiger partial charge is 0.472 e. The molecule has 10 heteroatoms. The van der Waals surface area contributed by atoms with E-state index in [1.54, 1.807) is 0 Å². The quantitative estimate of drug-likeness (QED) is 0.595. The number of aryl methyl sites for hydroxylation is 1. The Morgan fingerprint density at radius 3 is 2.92 bits per heavy atom. The highest BCUT2D eigenvalue weighted by molar-refractivity contribution is 7.47. The number of nitrogens with zero attached hydrogens (tertiary/aromatic N) is 1. The van der Waals surface area contributed by atoms with Crippen LogP contribution < -0.4 is 11.2 Å². The summed E-state index contributed by atoms with van der Waals surface area (Å²) in [5, 5.41) is 0. The fourth-order valence-corrected chi connectivity index (χ4v) is 3.95. The third-order valence-electron chi connectivity index (χ3n) is 4.25. The summed E-state index contributed by atoms with van der Waals surface area (Å²) in [4.78, 5) is 35.7. The molecule has 1 aromatic heterocycles. The van der Waals surface area contributed by atoms with E-state index in [0.29, 0.717) is 12.0 Å². The van der Waals surface area contributed by atoms with Crippen molar-refractivity contribution < 1.29 is 23.2 Å². The van der Waals surface area contributed by atoms with Gasteiger partial charge in [-0.15, -0.1) is 0 Å². The predicted octanol–water partition coefficient (Wildman–Crippen LogP) is 1.07. The molecule has 3 heterocycles. The smallest absolute Gasteiger partial charge is 0.349 e. The van der Waals surface area contributed by atoms with E-state index >= 15 is 0 Å². The maximum Gasteiger partial charge on any atom is 0.472 e. The molecule has 134 valence electrons. The lowest BCUT2D eigenvalue weighted by molar-refractivity contribution is -0.0680. The number of ether oxygens (including phenoxy) is 1. The topological polar surface area (TPSA) is 120 Å². The van der Waals surface area contributed by atoms with Crippen molar-refractivity contribution in [2.75, 3.05) is 6.61 Å². The molecule has 2 aliphatic heterocycles. The standard InChI is InChI=1S/C14H21N2O7P/c1-2-3-4-5-9-7-16(14(18)15-13(9)17)12-6-10-11(22-12)8-21-24(19,20)23-10/h7,10-12H,2-6,8H2,1H3,(H,19,20)(H,15,17,18). The highest BCUT2D eigenvalue weighted by atomic mass is 31.2. The lowest BCUT2D eigenvalue weighted by Crippen LogP contribution is -2.34. The third-order valence-corrected chi connectivity index (χ3v) is 5.27. The Kier molecular flexibility index (Phi) is 5.08. The molecule has 1 aromatic rings. The van der Waals surface area contributed by atoms with E-state index in [1.807, 2.05) is 0 Å². The van der Waals surface area contributed by atoms with Gasteiger partial charge in [-0.3, -0.25) is 23.4 Å². The summed E-state index contributed by atoms with van der Waals surface area (Å²) in [5.41, 5.74) is -0.440. The molecular formula is C14H21N2O7P. The first-order chi connectivity index (χ1) is 11.4. The molecular weight excluding hydrogens is 339 g/mol. The van der Waals surface area contributed by atoms with Gasteiger partial charge >= 0.3 is 13.5 Å². The number of nitrogens with one attached hydrogen (secondary N) is 1. The number of hydrogen-bond acceptors (Lipinski definition) is 6. The lowest BCUT2D eigenvalue weighted by Gasteiger charge is -2.26. The highest BCUT2D eigenvalue weighted by Crippen LogP contribution is 2.52.